The Kier molecular flexibility index (Phi) is 2.32. The van der Waals surface area contributed by atoms with Gasteiger partial charge in [0.15, 0.2) is 5.84 Å². The topological polar surface area (TPSA) is 63.5 Å². The largest absolute Gasteiger partial charge is 0.409 e. The van der Waals surface area contributed by atoms with Gasteiger partial charge in [-0.2, -0.15) is 0 Å². The fraction of sp³-hybridized carbons (Fsp3) is 0.444. The van der Waals surface area contributed by atoms with Crippen LogP contribution in [0.15, 0.2) is 23.6 Å². The van der Waals surface area contributed by atoms with E-state index in [1.807, 2.05) is 23.0 Å². The predicted octanol–water partition coefficient (Wildman–Crippen LogP) is 1.34. The molecule has 1 heterocycles. The van der Waals surface area contributed by atoms with E-state index in [0.717, 1.165) is 5.56 Å². The van der Waals surface area contributed by atoms with Crippen molar-refractivity contribution in [3.05, 3.63) is 24.0 Å². The third kappa shape index (κ3) is 2.02. The van der Waals surface area contributed by atoms with Crippen molar-refractivity contribution in [2.24, 2.45) is 10.9 Å². The molecule has 0 saturated carbocycles. The highest BCUT2D eigenvalue weighted by molar-refractivity contribution is 5.96. The molecule has 0 radical (unpaired) electrons. The maximum Gasteiger partial charge on any atom is 0.171 e. The van der Waals surface area contributed by atoms with Gasteiger partial charge in [-0.25, -0.2) is 0 Å². The molecule has 1 aromatic rings. The maximum atomic E-state index is 8.45. The van der Waals surface area contributed by atoms with Gasteiger partial charge in [0.05, 0.1) is 0 Å². The van der Waals surface area contributed by atoms with Crippen LogP contribution >= 0.6 is 0 Å². The summed E-state index contributed by atoms with van der Waals surface area (Å²) >= 11 is 0. The lowest BCUT2D eigenvalue weighted by Crippen LogP contribution is -2.20. The Morgan fingerprint density at radius 1 is 1.54 bits per heavy atom. The molecular formula is C9H15N3O. The van der Waals surface area contributed by atoms with Crippen LogP contribution in [0.2, 0.25) is 0 Å². The summed E-state index contributed by atoms with van der Waals surface area (Å²) in [5.41, 5.74) is 6.19. The number of hydrogen-bond donors (Lipinski definition) is 2. The number of aromatic nitrogens is 1. The minimum atomic E-state index is 0.0218. The lowest BCUT2D eigenvalue weighted by atomic mass is 10.1. The van der Waals surface area contributed by atoms with Crippen molar-refractivity contribution in [1.29, 1.82) is 0 Å². The molecule has 13 heavy (non-hydrogen) atoms. The molecule has 0 unspecified atom stereocenters. The molecule has 0 aliphatic rings. The summed E-state index contributed by atoms with van der Waals surface area (Å²) in [5.74, 6) is 0.142. The zero-order valence-electron chi connectivity index (χ0n) is 8.15. The zero-order valence-corrected chi connectivity index (χ0v) is 8.15. The molecular weight excluding hydrogens is 166 g/mol. The molecule has 1 aromatic heterocycles. The van der Waals surface area contributed by atoms with Crippen molar-refractivity contribution < 1.29 is 5.21 Å². The summed E-state index contributed by atoms with van der Waals surface area (Å²) in [6.45, 7) is 6.26. The third-order valence-electron chi connectivity index (χ3n) is 1.87. The molecule has 1 rings (SSSR count). The van der Waals surface area contributed by atoms with Gasteiger partial charge in [0, 0.05) is 23.5 Å². The van der Waals surface area contributed by atoms with Crippen LogP contribution in [0.25, 0.3) is 0 Å². The van der Waals surface area contributed by atoms with E-state index in [4.69, 9.17) is 10.9 Å². The van der Waals surface area contributed by atoms with Crippen LogP contribution in [0.4, 0.5) is 0 Å². The first-order chi connectivity index (χ1) is 5.95. The van der Waals surface area contributed by atoms with Gasteiger partial charge in [0.1, 0.15) is 0 Å². The zero-order chi connectivity index (χ0) is 10.1. The van der Waals surface area contributed by atoms with E-state index in [0.29, 0.717) is 0 Å². The van der Waals surface area contributed by atoms with Crippen LogP contribution in [0.5, 0.6) is 0 Å². The van der Waals surface area contributed by atoms with Crippen LogP contribution in [0, 0.1) is 0 Å². The van der Waals surface area contributed by atoms with Gasteiger partial charge in [0.2, 0.25) is 0 Å². The first-order valence-corrected chi connectivity index (χ1v) is 4.11. The van der Waals surface area contributed by atoms with E-state index in [-0.39, 0.29) is 11.4 Å². The Morgan fingerprint density at radius 2 is 2.15 bits per heavy atom. The van der Waals surface area contributed by atoms with E-state index in [1.165, 1.54) is 0 Å². The first-order valence-electron chi connectivity index (χ1n) is 4.11. The van der Waals surface area contributed by atoms with Crippen molar-refractivity contribution in [2.75, 3.05) is 0 Å². The molecule has 0 spiro atoms. The molecule has 3 N–H and O–H groups in total. The summed E-state index contributed by atoms with van der Waals surface area (Å²) in [6.07, 6.45) is 3.77. The normalized spacial score (nSPS) is 13.3. The summed E-state index contributed by atoms with van der Waals surface area (Å²) < 4.78 is 2.01. The second kappa shape index (κ2) is 3.12. The highest BCUT2D eigenvalue weighted by Crippen LogP contribution is 2.15. The molecule has 0 fully saturated rings. The Balaban J connectivity index is 3.00. The van der Waals surface area contributed by atoms with Crippen LogP contribution in [-0.4, -0.2) is 15.6 Å². The minimum Gasteiger partial charge on any atom is -0.409 e. The number of rotatable bonds is 1. The molecule has 72 valence electrons. The van der Waals surface area contributed by atoms with E-state index in [1.54, 1.807) is 0 Å². The highest BCUT2D eigenvalue weighted by Gasteiger charge is 2.13. The van der Waals surface area contributed by atoms with E-state index < -0.39 is 0 Å². The lowest BCUT2D eigenvalue weighted by molar-refractivity contribution is 0.318. The van der Waals surface area contributed by atoms with Crippen LogP contribution < -0.4 is 5.73 Å². The van der Waals surface area contributed by atoms with E-state index in [9.17, 15) is 0 Å². The van der Waals surface area contributed by atoms with Gasteiger partial charge in [0.25, 0.3) is 0 Å². The number of oxime groups is 1. The van der Waals surface area contributed by atoms with Crippen molar-refractivity contribution >= 4 is 5.84 Å². The first kappa shape index (κ1) is 9.64. The molecule has 0 aromatic carbocycles. The van der Waals surface area contributed by atoms with Crippen LogP contribution in [-0.2, 0) is 5.54 Å². The second-order valence-electron chi connectivity index (χ2n) is 3.96. The summed E-state index contributed by atoms with van der Waals surface area (Å²) in [4.78, 5) is 0. The van der Waals surface area contributed by atoms with Crippen LogP contribution in [0.3, 0.4) is 0 Å². The van der Waals surface area contributed by atoms with Gasteiger partial charge in [-0.3, -0.25) is 0 Å². The average Bonchev–Trinajstić information content (AvgIpc) is 2.50. The standard InChI is InChI=1S/C9H15N3O/c1-9(2,3)12-5-4-7(6-12)8(10)11-13/h4-6,13H,1-3H3,(H2,10,11). The fourth-order valence-corrected chi connectivity index (χ4v) is 1.02. The SMILES string of the molecule is CC(C)(C)n1ccc(/C(N)=N\O)c1. The Morgan fingerprint density at radius 3 is 2.54 bits per heavy atom. The molecule has 0 saturated heterocycles. The molecule has 0 aliphatic carbocycles. The van der Waals surface area contributed by atoms with Gasteiger partial charge in [-0.05, 0) is 26.8 Å². The fourth-order valence-electron chi connectivity index (χ4n) is 1.02. The second-order valence-corrected chi connectivity index (χ2v) is 3.96. The Hall–Kier alpha value is -1.45. The van der Waals surface area contributed by atoms with E-state index >= 15 is 0 Å². The summed E-state index contributed by atoms with van der Waals surface area (Å²) in [7, 11) is 0. The molecule has 0 amide bonds. The molecule has 4 heteroatoms. The number of hydrogen-bond acceptors (Lipinski definition) is 2. The van der Waals surface area contributed by atoms with Crippen LogP contribution in [0.1, 0.15) is 26.3 Å². The van der Waals surface area contributed by atoms with Crippen molar-refractivity contribution in [3.8, 4) is 0 Å². The predicted molar refractivity (Wildman–Crippen MR) is 51.9 cm³/mol. The maximum absolute atomic E-state index is 8.45. The number of nitrogens with zero attached hydrogens (tertiary/aromatic N) is 2. The molecule has 0 bridgehead atoms. The number of amidine groups is 1. The summed E-state index contributed by atoms with van der Waals surface area (Å²) in [5, 5.41) is 11.4. The van der Waals surface area contributed by atoms with Gasteiger partial charge >= 0.3 is 0 Å². The van der Waals surface area contributed by atoms with Crippen molar-refractivity contribution in [2.45, 2.75) is 26.3 Å². The summed E-state index contributed by atoms with van der Waals surface area (Å²) in [6, 6.07) is 1.82. The van der Waals surface area contributed by atoms with E-state index in [2.05, 4.69) is 25.9 Å². The van der Waals surface area contributed by atoms with Crippen molar-refractivity contribution in [1.82, 2.24) is 4.57 Å². The molecule has 0 aliphatic heterocycles. The molecule has 0 atom stereocenters. The quantitative estimate of drug-likeness (QED) is 0.297. The van der Waals surface area contributed by atoms with Gasteiger partial charge < -0.3 is 15.5 Å². The van der Waals surface area contributed by atoms with Gasteiger partial charge in [-0.1, -0.05) is 5.16 Å². The highest BCUT2D eigenvalue weighted by atomic mass is 16.4. The minimum absolute atomic E-state index is 0.0218. The average molecular weight is 181 g/mol. The number of nitrogens with two attached hydrogens (primary N) is 1. The smallest absolute Gasteiger partial charge is 0.171 e. The Labute approximate surface area is 77.7 Å². The van der Waals surface area contributed by atoms with Gasteiger partial charge in [-0.15, -0.1) is 0 Å². The monoisotopic (exact) mass is 181 g/mol. The van der Waals surface area contributed by atoms with Crippen molar-refractivity contribution in [3.63, 3.8) is 0 Å². The molecule has 4 nitrogen and oxygen atoms in total. The third-order valence-corrected chi connectivity index (χ3v) is 1.87. The Bertz CT molecular complexity index is 320. The lowest BCUT2D eigenvalue weighted by Gasteiger charge is -2.20.